The molecule has 1 N–H and O–H groups in total. The lowest BCUT2D eigenvalue weighted by Crippen LogP contribution is -2.47. The second-order valence-corrected chi connectivity index (χ2v) is 4.42. The fourth-order valence-corrected chi connectivity index (χ4v) is 0.901. The molecule has 0 aliphatic rings. The van der Waals surface area contributed by atoms with Crippen molar-refractivity contribution in [3.8, 4) is 0 Å². The number of aryl methyl sites for hydroxylation is 1. The third-order valence-electron chi connectivity index (χ3n) is 2.68. The highest BCUT2D eigenvalue weighted by Crippen LogP contribution is 2.27. The largest absolute Gasteiger partial charge is 0.388 e. The van der Waals surface area contributed by atoms with Crippen LogP contribution < -0.4 is 0 Å². The molecule has 1 aromatic heterocycles. The minimum absolute atomic E-state index is 0.450. The number of hydrogen-bond donors (Lipinski definition) is 1. The van der Waals surface area contributed by atoms with Gasteiger partial charge in [0, 0.05) is 6.20 Å². The normalized spacial score (nSPS) is 13.4. The van der Waals surface area contributed by atoms with Crippen molar-refractivity contribution in [2.75, 3.05) is 0 Å². The smallest absolute Gasteiger partial charge is 0.0869 e. The van der Waals surface area contributed by atoms with Crippen molar-refractivity contribution >= 4 is 0 Å². The summed E-state index contributed by atoms with van der Waals surface area (Å²) in [7, 11) is 0. The van der Waals surface area contributed by atoms with E-state index in [0.717, 1.165) is 5.69 Å². The zero-order valence-corrected chi connectivity index (χ0v) is 8.87. The topological polar surface area (TPSA) is 50.9 Å². The molecule has 1 heterocycles. The van der Waals surface area contributed by atoms with Crippen LogP contribution in [0, 0.1) is 6.92 Å². The van der Waals surface area contributed by atoms with Gasteiger partial charge in [-0.25, -0.2) is 4.68 Å². The molecule has 0 bridgehead atoms. The molecule has 0 saturated carbocycles. The van der Waals surface area contributed by atoms with Crippen molar-refractivity contribution in [3.05, 3.63) is 11.9 Å². The van der Waals surface area contributed by atoms with E-state index in [1.54, 1.807) is 18.5 Å². The summed E-state index contributed by atoms with van der Waals surface area (Å²) in [5, 5.41) is 17.8. The Labute approximate surface area is 78.6 Å². The fourth-order valence-electron chi connectivity index (χ4n) is 0.901. The van der Waals surface area contributed by atoms with Gasteiger partial charge in [0.1, 0.15) is 0 Å². The van der Waals surface area contributed by atoms with E-state index in [1.807, 2.05) is 27.0 Å². The molecule has 0 amide bonds. The van der Waals surface area contributed by atoms with E-state index in [1.165, 1.54) is 0 Å². The van der Waals surface area contributed by atoms with E-state index < -0.39 is 11.1 Å². The Morgan fingerprint density at radius 3 is 2.15 bits per heavy atom. The first-order valence-corrected chi connectivity index (χ1v) is 4.37. The van der Waals surface area contributed by atoms with Gasteiger partial charge in [0.25, 0.3) is 0 Å². The quantitative estimate of drug-likeness (QED) is 0.746. The Balaban J connectivity index is 3.07. The van der Waals surface area contributed by atoms with Gasteiger partial charge in [-0.1, -0.05) is 5.21 Å². The number of hydrogen-bond acceptors (Lipinski definition) is 3. The van der Waals surface area contributed by atoms with Crippen LogP contribution in [-0.2, 0) is 5.54 Å². The number of aromatic nitrogens is 3. The van der Waals surface area contributed by atoms with E-state index in [9.17, 15) is 5.11 Å². The molecular weight excluding hydrogens is 166 g/mol. The Kier molecular flexibility index (Phi) is 2.20. The van der Waals surface area contributed by atoms with Crippen molar-refractivity contribution < 1.29 is 5.11 Å². The molecule has 0 saturated heterocycles. The van der Waals surface area contributed by atoms with Gasteiger partial charge in [-0.2, -0.15) is 0 Å². The zero-order valence-electron chi connectivity index (χ0n) is 8.87. The SMILES string of the molecule is Cc1cn(C(C)(C)C(C)(C)O)nn1. The predicted molar refractivity (Wildman–Crippen MR) is 50.4 cm³/mol. The summed E-state index contributed by atoms with van der Waals surface area (Å²) >= 11 is 0. The highest BCUT2D eigenvalue weighted by Gasteiger charge is 2.37. The van der Waals surface area contributed by atoms with Crippen LogP contribution in [0.3, 0.4) is 0 Å². The average molecular weight is 183 g/mol. The molecule has 74 valence electrons. The van der Waals surface area contributed by atoms with Gasteiger partial charge in [0.2, 0.25) is 0 Å². The standard InChI is InChI=1S/C9H17N3O/c1-7-6-12(11-10-7)8(2,3)9(4,5)13/h6,13H,1-5H3. The first-order valence-electron chi connectivity index (χ1n) is 4.37. The average Bonchev–Trinajstić information content (AvgIpc) is 2.33. The number of aliphatic hydroxyl groups is 1. The molecule has 4 heteroatoms. The van der Waals surface area contributed by atoms with Gasteiger partial charge >= 0.3 is 0 Å². The minimum atomic E-state index is -0.826. The van der Waals surface area contributed by atoms with E-state index in [2.05, 4.69) is 10.3 Å². The Morgan fingerprint density at radius 2 is 1.85 bits per heavy atom. The van der Waals surface area contributed by atoms with Crippen LogP contribution >= 0.6 is 0 Å². The van der Waals surface area contributed by atoms with Gasteiger partial charge in [0.05, 0.1) is 16.8 Å². The summed E-state index contributed by atoms with van der Waals surface area (Å²) in [5.41, 5.74) is -0.418. The Bertz CT molecular complexity index is 296. The maximum Gasteiger partial charge on any atom is 0.0869 e. The number of nitrogens with zero attached hydrogens (tertiary/aromatic N) is 3. The molecule has 0 radical (unpaired) electrons. The van der Waals surface area contributed by atoms with Crippen LogP contribution in [0.4, 0.5) is 0 Å². The number of rotatable bonds is 2. The summed E-state index contributed by atoms with van der Waals surface area (Å²) in [6, 6.07) is 0. The van der Waals surface area contributed by atoms with Crippen LogP contribution in [0.1, 0.15) is 33.4 Å². The first-order chi connectivity index (χ1) is 5.75. The first kappa shape index (κ1) is 10.2. The van der Waals surface area contributed by atoms with Crippen LogP contribution in [0.5, 0.6) is 0 Å². The highest BCUT2D eigenvalue weighted by atomic mass is 16.3. The lowest BCUT2D eigenvalue weighted by atomic mass is 9.86. The third-order valence-corrected chi connectivity index (χ3v) is 2.68. The molecule has 0 fully saturated rings. The molecule has 1 rings (SSSR count). The van der Waals surface area contributed by atoms with Gasteiger partial charge in [-0.15, -0.1) is 5.10 Å². The molecule has 13 heavy (non-hydrogen) atoms. The van der Waals surface area contributed by atoms with Crippen molar-refractivity contribution in [3.63, 3.8) is 0 Å². The molecule has 0 atom stereocenters. The lowest BCUT2D eigenvalue weighted by molar-refractivity contribution is -0.0332. The van der Waals surface area contributed by atoms with Crippen LogP contribution in [-0.4, -0.2) is 25.7 Å². The zero-order chi connectivity index (χ0) is 10.3. The minimum Gasteiger partial charge on any atom is -0.388 e. The molecule has 1 aromatic rings. The van der Waals surface area contributed by atoms with Crippen LogP contribution in [0.15, 0.2) is 6.20 Å². The van der Waals surface area contributed by atoms with E-state index in [0.29, 0.717) is 0 Å². The maximum atomic E-state index is 9.92. The molecule has 0 aliphatic heterocycles. The van der Waals surface area contributed by atoms with Crippen molar-refractivity contribution in [2.45, 2.75) is 45.8 Å². The van der Waals surface area contributed by atoms with Crippen molar-refractivity contribution in [1.29, 1.82) is 0 Å². The summed E-state index contributed by atoms with van der Waals surface area (Å²) in [5.74, 6) is 0. The van der Waals surface area contributed by atoms with Crippen LogP contribution in [0.2, 0.25) is 0 Å². The van der Waals surface area contributed by atoms with E-state index in [-0.39, 0.29) is 0 Å². The van der Waals surface area contributed by atoms with Crippen LogP contribution in [0.25, 0.3) is 0 Å². The van der Waals surface area contributed by atoms with E-state index >= 15 is 0 Å². The van der Waals surface area contributed by atoms with Gasteiger partial charge < -0.3 is 5.11 Å². The molecule has 0 aromatic carbocycles. The second kappa shape index (κ2) is 2.80. The predicted octanol–water partition coefficient (Wildman–Crippen LogP) is 1.09. The van der Waals surface area contributed by atoms with Gasteiger partial charge in [-0.05, 0) is 34.6 Å². The highest BCUT2D eigenvalue weighted by molar-refractivity contribution is 4.96. The van der Waals surface area contributed by atoms with Gasteiger partial charge in [-0.3, -0.25) is 0 Å². The monoisotopic (exact) mass is 183 g/mol. The molecular formula is C9H17N3O. The summed E-state index contributed by atoms with van der Waals surface area (Å²) in [4.78, 5) is 0. The maximum absolute atomic E-state index is 9.92. The van der Waals surface area contributed by atoms with Crippen molar-refractivity contribution in [2.24, 2.45) is 0 Å². The van der Waals surface area contributed by atoms with Gasteiger partial charge in [0.15, 0.2) is 0 Å². The molecule has 0 spiro atoms. The molecule has 0 aliphatic carbocycles. The molecule has 4 nitrogen and oxygen atoms in total. The second-order valence-electron chi connectivity index (χ2n) is 4.42. The van der Waals surface area contributed by atoms with Crippen molar-refractivity contribution in [1.82, 2.24) is 15.0 Å². The lowest BCUT2D eigenvalue weighted by Gasteiger charge is -2.36. The Hall–Kier alpha value is -0.900. The molecule has 0 unspecified atom stereocenters. The van der Waals surface area contributed by atoms with E-state index in [4.69, 9.17) is 0 Å². The third kappa shape index (κ3) is 1.72. The fraction of sp³-hybridized carbons (Fsp3) is 0.778. The summed E-state index contributed by atoms with van der Waals surface area (Å²) in [6.45, 7) is 9.28. The Morgan fingerprint density at radius 1 is 1.31 bits per heavy atom. The summed E-state index contributed by atoms with van der Waals surface area (Å²) in [6.07, 6.45) is 1.83. The summed E-state index contributed by atoms with van der Waals surface area (Å²) < 4.78 is 1.70.